The van der Waals surface area contributed by atoms with Crippen molar-refractivity contribution in [3.63, 3.8) is 0 Å². The molecule has 0 unspecified atom stereocenters. The van der Waals surface area contributed by atoms with Crippen LogP contribution in [0.15, 0.2) is 30.3 Å². The highest BCUT2D eigenvalue weighted by atomic mass is 35.5. The highest BCUT2D eigenvalue weighted by molar-refractivity contribution is 7.99. The van der Waals surface area contributed by atoms with Crippen LogP contribution in [-0.4, -0.2) is 18.8 Å². The number of thioether (sulfide) groups is 1. The molecule has 0 aliphatic heterocycles. The molecule has 2 aromatic carbocycles. The Hall–Kier alpha value is -1.36. The number of ether oxygens (including phenoxy) is 1. The van der Waals surface area contributed by atoms with Crippen LogP contribution in [0.3, 0.4) is 0 Å². The molecule has 0 aromatic heterocycles. The fourth-order valence-corrected chi connectivity index (χ4v) is 4.17. The van der Waals surface area contributed by atoms with Crippen LogP contribution >= 0.6 is 35.0 Å². The van der Waals surface area contributed by atoms with Crippen molar-refractivity contribution in [3.05, 3.63) is 62.6 Å². The smallest absolute Gasteiger partial charge is 0.230 e. The van der Waals surface area contributed by atoms with Crippen LogP contribution in [0.25, 0.3) is 0 Å². The highest BCUT2D eigenvalue weighted by Crippen LogP contribution is 2.32. The number of carbonyl (C=O) groups excluding carboxylic acids is 1. The van der Waals surface area contributed by atoms with Crippen molar-refractivity contribution >= 4 is 40.9 Å². The van der Waals surface area contributed by atoms with Crippen molar-refractivity contribution in [3.8, 4) is 5.75 Å². The van der Waals surface area contributed by atoms with Crippen molar-refractivity contribution in [1.82, 2.24) is 5.32 Å². The third kappa shape index (κ3) is 6.07. The third-order valence-electron chi connectivity index (χ3n) is 4.57. The van der Waals surface area contributed by atoms with Gasteiger partial charge in [0.25, 0.3) is 0 Å². The second-order valence-corrected chi connectivity index (χ2v) is 8.94. The van der Waals surface area contributed by atoms with E-state index in [1.165, 1.54) is 0 Å². The van der Waals surface area contributed by atoms with E-state index in [-0.39, 0.29) is 11.9 Å². The first-order chi connectivity index (χ1) is 13.2. The fourth-order valence-electron chi connectivity index (χ4n) is 3.06. The number of hydrogen-bond donors (Lipinski definition) is 1. The fraction of sp³-hybridized carbons (Fsp3) is 0.409. The number of halogens is 2. The molecule has 0 fully saturated rings. The van der Waals surface area contributed by atoms with E-state index in [1.807, 2.05) is 32.0 Å². The van der Waals surface area contributed by atoms with E-state index >= 15 is 0 Å². The molecule has 2 rings (SSSR count). The molecular weight excluding hydrogens is 413 g/mol. The molecule has 152 valence electrons. The molecule has 0 heterocycles. The number of nitrogens with one attached hydrogen (secondary N) is 1. The summed E-state index contributed by atoms with van der Waals surface area (Å²) in [6, 6.07) is 9.67. The molecule has 2 aromatic rings. The normalized spacial score (nSPS) is 12.1. The Balaban J connectivity index is 1.96. The lowest BCUT2D eigenvalue weighted by Gasteiger charge is -2.21. The van der Waals surface area contributed by atoms with Gasteiger partial charge in [-0.3, -0.25) is 4.79 Å². The second kappa shape index (κ2) is 10.4. The molecule has 0 saturated carbocycles. The molecule has 0 spiro atoms. The number of carbonyl (C=O) groups is 1. The summed E-state index contributed by atoms with van der Waals surface area (Å²) < 4.78 is 5.51. The molecule has 1 atom stereocenters. The molecule has 28 heavy (non-hydrogen) atoms. The van der Waals surface area contributed by atoms with Gasteiger partial charge in [-0.15, -0.1) is 11.8 Å². The van der Waals surface area contributed by atoms with Gasteiger partial charge in [0, 0.05) is 5.75 Å². The van der Waals surface area contributed by atoms with Crippen molar-refractivity contribution in [2.45, 2.75) is 45.4 Å². The molecule has 1 amide bonds. The van der Waals surface area contributed by atoms with Gasteiger partial charge in [0.1, 0.15) is 5.75 Å². The number of methoxy groups -OCH3 is 1. The predicted molar refractivity (Wildman–Crippen MR) is 121 cm³/mol. The van der Waals surface area contributed by atoms with Gasteiger partial charge < -0.3 is 10.1 Å². The molecule has 0 radical (unpaired) electrons. The number of hydrogen-bond acceptors (Lipinski definition) is 3. The Labute approximate surface area is 182 Å². The van der Waals surface area contributed by atoms with Gasteiger partial charge in [-0.05, 0) is 66.3 Å². The summed E-state index contributed by atoms with van der Waals surface area (Å²) in [7, 11) is 1.69. The van der Waals surface area contributed by atoms with Gasteiger partial charge in [-0.2, -0.15) is 0 Å². The van der Waals surface area contributed by atoms with Gasteiger partial charge in [0.05, 0.1) is 28.9 Å². The Bertz CT molecular complexity index is 840. The van der Waals surface area contributed by atoms with Crippen LogP contribution in [0, 0.1) is 6.92 Å². The summed E-state index contributed by atoms with van der Waals surface area (Å²) in [5.41, 5.74) is 4.43. The minimum Gasteiger partial charge on any atom is -0.496 e. The molecule has 0 bridgehead atoms. The van der Waals surface area contributed by atoms with E-state index in [4.69, 9.17) is 27.9 Å². The first-order valence-electron chi connectivity index (χ1n) is 9.22. The van der Waals surface area contributed by atoms with Gasteiger partial charge in [-0.25, -0.2) is 0 Å². The zero-order chi connectivity index (χ0) is 20.8. The van der Waals surface area contributed by atoms with Gasteiger partial charge in [0.2, 0.25) is 5.91 Å². The van der Waals surface area contributed by atoms with E-state index in [0.29, 0.717) is 27.5 Å². The largest absolute Gasteiger partial charge is 0.496 e. The summed E-state index contributed by atoms with van der Waals surface area (Å²) in [6.07, 6.45) is 0. The molecule has 6 heteroatoms. The Morgan fingerprint density at radius 1 is 1.11 bits per heavy atom. The average Bonchev–Trinajstić information content (AvgIpc) is 2.63. The lowest BCUT2D eigenvalue weighted by molar-refractivity contribution is -0.119. The number of amides is 1. The van der Waals surface area contributed by atoms with Crippen molar-refractivity contribution in [2.75, 3.05) is 12.9 Å². The summed E-state index contributed by atoms with van der Waals surface area (Å²) in [6.45, 7) is 8.34. The van der Waals surface area contributed by atoms with E-state index in [0.717, 1.165) is 28.0 Å². The number of aryl methyl sites for hydroxylation is 1. The standard InChI is InChI=1S/C22H27Cl2NO2S/c1-13(2)17-10-18(14(3)8-21(17)27-5)15(4)25-22(26)12-28-11-16-6-7-19(23)20(24)9-16/h6-10,13,15H,11-12H2,1-5H3,(H,25,26)/t15-/m1/s1. The zero-order valence-electron chi connectivity index (χ0n) is 16.9. The topological polar surface area (TPSA) is 38.3 Å². The van der Waals surface area contributed by atoms with Crippen LogP contribution in [0.2, 0.25) is 10.0 Å². The van der Waals surface area contributed by atoms with E-state index < -0.39 is 0 Å². The first-order valence-corrected chi connectivity index (χ1v) is 11.1. The van der Waals surface area contributed by atoms with Crippen LogP contribution in [-0.2, 0) is 10.5 Å². The first kappa shape index (κ1) is 22.9. The van der Waals surface area contributed by atoms with Gasteiger partial charge in [-0.1, -0.05) is 43.1 Å². The van der Waals surface area contributed by atoms with E-state index in [2.05, 4.69) is 25.2 Å². The molecule has 1 N–H and O–H groups in total. The van der Waals surface area contributed by atoms with Crippen LogP contribution in [0.5, 0.6) is 5.75 Å². The van der Waals surface area contributed by atoms with Gasteiger partial charge >= 0.3 is 0 Å². The summed E-state index contributed by atoms with van der Waals surface area (Å²) >= 11 is 13.5. The van der Waals surface area contributed by atoms with Crippen LogP contribution in [0.1, 0.15) is 55.0 Å². The Morgan fingerprint density at radius 3 is 2.43 bits per heavy atom. The number of benzene rings is 2. The third-order valence-corrected chi connectivity index (χ3v) is 6.31. The summed E-state index contributed by atoms with van der Waals surface area (Å²) in [5.74, 6) is 2.35. The molecule has 0 aliphatic carbocycles. The predicted octanol–water partition coefficient (Wildman–Crippen LogP) is 6.54. The lowest BCUT2D eigenvalue weighted by atomic mass is 9.93. The highest BCUT2D eigenvalue weighted by Gasteiger charge is 2.17. The van der Waals surface area contributed by atoms with Crippen molar-refractivity contribution < 1.29 is 9.53 Å². The van der Waals surface area contributed by atoms with E-state index in [9.17, 15) is 4.79 Å². The maximum absolute atomic E-state index is 12.4. The minimum atomic E-state index is -0.0681. The zero-order valence-corrected chi connectivity index (χ0v) is 19.3. The second-order valence-electron chi connectivity index (χ2n) is 7.14. The summed E-state index contributed by atoms with van der Waals surface area (Å²) in [5, 5.41) is 4.17. The quantitative estimate of drug-likeness (QED) is 0.506. The molecule has 0 saturated heterocycles. The maximum Gasteiger partial charge on any atom is 0.230 e. The summed E-state index contributed by atoms with van der Waals surface area (Å²) in [4.78, 5) is 12.4. The monoisotopic (exact) mass is 439 g/mol. The molecular formula is C22H27Cl2NO2S. The van der Waals surface area contributed by atoms with Crippen molar-refractivity contribution in [2.24, 2.45) is 0 Å². The van der Waals surface area contributed by atoms with Crippen LogP contribution < -0.4 is 10.1 Å². The molecule has 3 nitrogen and oxygen atoms in total. The lowest BCUT2D eigenvalue weighted by Crippen LogP contribution is -2.28. The minimum absolute atomic E-state index is 0.0128. The Morgan fingerprint density at radius 2 is 1.82 bits per heavy atom. The SMILES string of the molecule is COc1cc(C)c([C@@H](C)NC(=O)CSCc2ccc(Cl)c(Cl)c2)cc1C(C)C. The van der Waals surface area contributed by atoms with Crippen LogP contribution in [0.4, 0.5) is 0 Å². The van der Waals surface area contributed by atoms with Gasteiger partial charge in [0.15, 0.2) is 0 Å². The Kier molecular flexibility index (Phi) is 8.54. The number of rotatable bonds is 8. The van der Waals surface area contributed by atoms with E-state index in [1.54, 1.807) is 24.9 Å². The maximum atomic E-state index is 12.4. The van der Waals surface area contributed by atoms with Crippen molar-refractivity contribution in [1.29, 1.82) is 0 Å². The average molecular weight is 440 g/mol. The molecule has 0 aliphatic rings.